The van der Waals surface area contributed by atoms with Crippen molar-refractivity contribution in [1.29, 1.82) is 0 Å². The predicted octanol–water partition coefficient (Wildman–Crippen LogP) is 1.77. The highest BCUT2D eigenvalue weighted by Crippen LogP contribution is 2.25. The van der Waals surface area contributed by atoms with Crippen molar-refractivity contribution in [2.75, 3.05) is 19.3 Å². The molecule has 19 heavy (non-hydrogen) atoms. The number of nitrogens with zero attached hydrogens (tertiary/aromatic N) is 1. The summed E-state index contributed by atoms with van der Waals surface area (Å²) in [6.45, 7) is 3.02. The molecule has 1 fully saturated rings. The van der Waals surface area contributed by atoms with E-state index in [4.69, 9.17) is 5.73 Å². The fourth-order valence-electron chi connectivity index (χ4n) is 2.25. The largest absolute Gasteiger partial charge is 0.327 e. The lowest BCUT2D eigenvalue weighted by Crippen LogP contribution is -2.48. The van der Waals surface area contributed by atoms with Crippen LogP contribution in [0.25, 0.3) is 0 Å². The number of rotatable bonds is 3. The molecule has 0 aliphatic carbocycles. The van der Waals surface area contributed by atoms with Crippen molar-refractivity contribution in [3.8, 4) is 0 Å². The second kappa shape index (κ2) is 5.83. The van der Waals surface area contributed by atoms with E-state index in [9.17, 15) is 8.42 Å². The second-order valence-corrected chi connectivity index (χ2v) is 7.79. The fraction of sp³-hybridized carbons (Fsp3) is 0.538. The van der Waals surface area contributed by atoms with E-state index in [0.29, 0.717) is 18.0 Å². The summed E-state index contributed by atoms with van der Waals surface area (Å²) in [5, 5.41) is 0. The first-order valence-corrected chi connectivity index (χ1v) is 9.01. The molecule has 1 aliphatic heterocycles. The van der Waals surface area contributed by atoms with E-state index in [1.165, 1.54) is 0 Å². The van der Waals surface area contributed by atoms with E-state index in [1.807, 2.05) is 19.2 Å². The SMILES string of the molecule is CSc1cccc(S(=O)(=O)N2CCC(N)C(C)C2)c1. The number of piperidine rings is 1. The predicted molar refractivity (Wildman–Crippen MR) is 78.7 cm³/mol. The fourth-order valence-corrected chi connectivity index (χ4v) is 4.39. The number of hydrogen-bond donors (Lipinski definition) is 1. The van der Waals surface area contributed by atoms with Gasteiger partial charge in [-0.3, -0.25) is 0 Å². The maximum atomic E-state index is 12.6. The number of benzene rings is 1. The smallest absolute Gasteiger partial charge is 0.243 e. The van der Waals surface area contributed by atoms with Gasteiger partial charge >= 0.3 is 0 Å². The van der Waals surface area contributed by atoms with E-state index in [-0.39, 0.29) is 12.0 Å². The minimum atomic E-state index is -3.39. The minimum absolute atomic E-state index is 0.101. The van der Waals surface area contributed by atoms with Crippen LogP contribution in [0.1, 0.15) is 13.3 Å². The third-order valence-corrected chi connectivity index (χ3v) is 6.20. The molecule has 2 atom stereocenters. The Balaban J connectivity index is 2.27. The van der Waals surface area contributed by atoms with E-state index >= 15 is 0 Å². The van der Waals surface area contributed by atoms with Crippen LogP contribution in [0.5, 0.6) is 0 Å². The molecule has 2 N–H and O–H groups in total. The van der Waals surface area contributed by atoms with Gasteiger partial charge in [-0.2, -0.15) is 4.31 Å². The van der Waals surface area contributed by atoms with Gasteiger partial charge in [-0.1, -0.05) is 13.0 Å². The normalized spacial score (nSPS) is 25.4. The van der Waals surface area contributed by atoms with Crippen LogP contribution in [0, 0.1) is 5.92 Å². The Labute approximate surface area is 119 Å². The van der Waals surface area contributed by atoms with Gasteiger partial charge in [-0.15, -0.1) is 11.8 Å². The average molecular weight is 300 g/mol. The topological polar surface area (TPSA) is 63.4 Å². The third-order valence-electron chi connectivity index (χ3n) is 3.61. The summed E-state index contributed by atoms with van der Waals surface area (Å²) >= 11 is 1.54. The van der Waals surface area contributed by atoms with E-state index < -0.39 is 10.0 Å². The van der Waals surface area contributed by atoms with Crippen molar-refractivity contribution in [3.05, 3.63) is 24.3 Å². The summed E-state index contributed by atoms with van der Waals surface area (Å²) in [6.07, 6.45) is 2.66. The van der Waals surface area contributed by atoms with Crippen LogP contribution in [0.2, 0.25) is 0 Å². The number of sulfonamides is 1. The maximum Gasteiger partial charge on any atom is 0.243 e. The van der Waals surface area contributed by atoms with Crippen molar-refractivity contribution in [3.63, 3.8) is 0 Å². The second-order valence-electron chi connectivity index (χ2n) is 4.97. The summed E-state index contributed by atoms with van der Waals surface area (Å²) in [6, 6.07) is 7.20. The molecule has 0 amide bonds. The Hall–Kier alpha value is -0.560. The van der Waals surface area contributed by atoms with Crippen molar-refractivity contribution in [2.24, 2.45) is 11.7 Å². The van der Waals surface area contributed by atoms with Crippen molar-refractivity contribution in [2.45, 2.75) is 29.2 Å². The number of nitrogens with two attached hydrogens (primary N) is 1. The summed E-state index contributed by atoms with van der Waals surface area (Å²) in [5.74, 6) is 0.201. The van der Waals surface area contributed by atoms with Crippen molar-refractivity contribution >= 4 is 21.8 Å². The summed E-state index contributed by atoms with van der Waals surface area (Å²) < 4.78 is 26.7. The summed E-state index contributed by atoms with van der Waals surface area (Å²) in [4.78, 5) is 1.34. The highest BCUT2D eigenvalue weighted by atomic mass is 32.2. The maximum absolute atomic E-state index is 12.6. The van der Waals surface area contributed by atoms with Crippen LogP contribution in [0.4, 0.5) is 0 Å². The highest BCUT2D eigenvalue weighted by molar-refractivity contribution is 7.98. The Morgan fingerprint density at radius 3 is 2.79 bits per heavy atom. The van der Waals surface area contributed by atoms with Gasteiger partial charge in [0.05, 0.1) is 4.90 Å². The lowest BCUT2D eigenvalue weighted by molar-refractivity contribution is 0.250. The third kappa shape index (κ3) is 3.13. The van der Waals surface area contributed by atoms with Crippen LogP contribution in [-0.2, 0) is 10.0 Å². The van der Waals surface area contributed by atoms with Crippen molar-refractivity contribution in [1.82, 2.24) is 4.31 Å². The number of thioether (sulfide) groups is 1. The molecule has 1 heterocycles. The zero-order chi connectivity index (χ0) is 14.0. The van der Waals surface area contributed by atoms with Gasteiger partial charge in [-0.05, 0) is 36.8 Å². The lowest BCUT2D eigenvalue weighted by atomic mass is 9.96. The van der Waals surface area contributed by atoms with Crippen molar-refractivity contribution < 1.29 is 8.42 Å². The van der Waals surface area contributed by atoms with Crippen LogP contribution < -0.4 is 5.73 Å². The zero-order valence-electron chi connectivity index (χ0n) is 11.2. The van der Waals surface area contributed by atoms with Gasteiger partial charge in [0, 0.05) is 24.0 Å². The van der Waals surface area contributed by atoms with Gasteiger partial charge in [-0.25, -0.2) is 8.42 Å². The molecule has 1 saturated heterocycles. The lowest BCUT2D eigenvalue weighted by Gasteiger charge is -2.34. The quantitative estimate of drug-likeness (QED) is 0.864. The molecule has 0 aromatic heterocycles. The monoisotopic (exact) mass is 300 g/mol. The highest BCUT2D eigenvalue weighted by Gasteiger charge is 2.31. The first-order chi connectivity index (χ1) is 8.95. The summed E-state index contributed by atoms with van der Waals surface area (Å²) in [5.41, 5.74) is 5.94. The molecule has 0 spiro atoms. The van der Waals surface area contributed by atoms with Crippen LogP contribution in [-0.4, -0.2) is 38.1 Å². The van der Waals surface area contributed by atoms with Gasteiger partial charge in [0.25, 0.3) is 0 Å². The Morgan fingerprint density at radius 2 is 2.16 bits per heavy atom. The van der Waals surface area contributed by atoms with Crippen LogP contribution >= 0.6 is 11.8 Å². The molecule has 1 aliphatic rings. The van der Waals surface area contributed by atoms with Gasteiger partial charge in [0.2, 0.25) is 10.0 Å². The van der Waals surface area contributed by atoms with Gasteiger partial charge < -0.3 is 5.73 Å². The Bertz CT molecular complexity index is 545. The molecule has 0 radical (unpaired) electrons. The standard InChI is InChI=1S/C13H20N2O2S2/c1-10-9-15(7-6-13(10)14)19(16,17)12-5-3-4-11(8-12)18-2/h3-5,8,10,13H,6-7,9,14H2,1-2H3. The van der Waals surface area contributed by atoms with E-state index in [2.05, 4.69) is 0 Å². The Morgan fingerprint density at radius 1 is 1.42 bits per heavy atom. The van der Waals surface area contributed by atoms with E-state index in [1.54, 1.807) is 34.3 Å². The summed E-state index contributed by atoms with van der Waals surface area (Å²) in [7, 11) is -3.39. The molecule has 2 unspecified atom stereocenters. The zero-order valence-corrected chi connectivity index (χ0v) is 12.9. The molecule has 6 heteroatoms. The number of hydrogen-bond acceptors (Lipinski definition) is 4. The molecule has 4 nitrogen and oxygen atoms in total. The Kier molecular flexibility index (Phi) is 4.55. The van der Waals surface area contributed by atoms with Crippen LogP contribution in [0.3, 0.4) is 0 Å². The first-order valence-electron chi connectivity index (χ1n) is 6.35. The van der Waals surface area contributed by atoms with E-state index in [0.717, 1.165) is 11.3 Å². The first kappa shape index (κ1) is 14.8. The molecule has 106 valence electrons. The van der Waals surface area contributed by atoms with Gasteiger partial charge in [0.15, 0.2) is 0 Å². The molecule has 2 rings (SSSR count). The molecular formula is C13H20N2O2S2. The van der Waals surface area contributed by atoms with Gasteiger partial charge in [0.1, 0.15) is 0 Å². The molecule has 0 bridgehead atoms. The average Bonchev–Trinajstić information content (AvgIpc) is 2.41. The van der Waals surface area contributed by atoms with Crippen LogP contribution in [0.15, 0.2) is 34.1 Å². The molecule has 1 aromatic rings. The molecule has 1 aromatic carbocycles. The molecule has 0 saturated carbocycles. The minimum Gasteiger partial charge on any atom is -0.327 e. The molecular weight excluding hydrogens is 280 g/mol.